The van der Waals surface area contributed by atoms with Crippen molar-refractivity contribution in [3.05, 3.63) is 87.9 Å². The molecule has 6 rings (SSSR count). The number of hydrogen-bond donors (Lipinski definition) is 0. The van der Waals surface area contributed by atoms with Crippen molar-refractivity contribution < 1.29 is 39.9 Å². The van der Waals surface area contributed by atoms with E-state index >= 15 is 8.78 Å². The molecule has 0 aliphatic carbocycles. The zero-order chi connectivity index (χ0) is 37.5. The number of halogens is 5. The van der Waals surface area contributed by atoms with Crippen LogP contribution in [0.25, 0.3) is 28.0 Å². The molecule has 0 N–H and O–H groups in total. The molecule has 17 heteroatoms. The van der Waals surface area contributed by atoms with Crippen molar-refractivity contribution in [2.45, 2.75) is 31.0 Å². The Morgan fingerprint density at radius 2 is 1.73 bits per heavy atom. The van der Waals surface area contributed by atoms with Crippen LogP contribution in [-0.2, 0) is 25.5 Å². The number of alkyl halides is 3. The SMILES string of the molecule is Cc1cccc(S(C)(=O)=O)c1-n1c(=O)nc(N2CCN(C(=O)/C=C/CN3CCOCC3)C[C@@H]2C)c2cc(F)c(-c3c(F)cccc3C(F)(F)F)nc21. The molecule has 4 heterocycles. The highest BCUT2D eigenvalue weighted by molar-refractivity contribution is 7.90. The molecule has 2 saturated heterocycles. The summed E-state index contributed by atoms with van der Waals surface area (Å²) in [5.74, 6) is -3.07. The third kappa shape index (κ3) is 7.29. The number of morpholine rings is 1. The minimum Gasteiger partial charge on any atom is -0.379 e. The maximum absolute atomic E-state index is 16.1. The van der Waals surface area contributed by atoms with E-state index in [9.17, 15) is 31.2 Å². The van der Waals surface area contributed by atoms with Gasteiger partial charge in [-0.25, -0.2) is 31.5 Å². The van der Waals surface area contributed by atoms with Crippen molar-refractivity contribution in [3.8, 4) is 16.9 Å². The Bertz CT molecular complexity index is 2240. The fourth-order valence-electron chi connectivity index (χ4n) is 6.58. The van der Waals surface area contributed by atoms with Gasteiger partial charge in [0.25, 0.3) is 0 Å². The molecule has 0 unspecified atom stereocenters. The second-order valence-corrected chi connectivity index (χ2v) is 14.7. The first-order valence-corrected chi connectivity index (χ1v) is 18.3. The Hall–Kier alpha value is -4.74. The van der Waals surface area contributed by atoms with E-state index in [4.69, 9.17) is 4.74 Å². The van der Waals surface area contributed by atoms with Crippen molar-refractivity contribution in [3.63, 3.8) is 0 Å². The van der Waals surface area contributed by atoms with Crippen LogP contribution in [0.3, 0.4) is 0 Å². The van der Waals surface area contributed by atoms with E-state index in [0.29, 0.717) is 25.8 Å². The van der Waals surface area contributed by atoms with Crippen LogP contribution in [0.2, 0.25) is 0 Å². The molecule has 0 bridgehead atoms. The van der Waals surface area contributed by atoms with Gasteiger partial charge in [0.2, 0.25) is 5.91 Å². The van der Waals surface area contributed by atoms with Gasteiger partial charge in [0, 0.05) is 57.6 Å². The summed E-state index contributed by atoms with van der Waals surface area (Å²) in [6.07, 6.45) is -0.921. The lowest BCUT2D eigenvalue weighted by atomic mass is 10.0. The third-order valence-corrected chi connectivity index (χ3v) is 10.2. The summed E-state index contributed by atoms with van der Waals surface area (Å²) in [5, 5.41) is -0.148. The van der Waals surface area contributed by atoms with Crippen molar-refractivity contribution >= 4 is 32.6 Å². The van der Waals surface area contributed by atoms with E-state index in [1.807, 2.05) is 0 Å². The van der Waals surface area contributed by atoms with Gasteiger partial charge in [-0.2, -0.15) is 18.2 Å². The van der Waals surface area contributed by atoms with Gasteiger partial charge in [-0.3, -0.25) is 9.69 Å². The van der Waals surface area contributed by atoms with Gasteiger partial charge in [-0.1, -0.05) is 24.3 Å². The Kier molecular flexibility index (Phi) is 10.2. The molecule has 0 radical (unpaired) electrons. The van der Waals surface area contributed by atoms with Gasteiger partial charge in [0.05, 0.1) is 40.3 Å². The fraction of sp³-hybridized carbons (Fsp3) is 0.371. The van der Waals surface area contributed by atoms with Crippen LogP contribution >= 0.6 is 0 Å². The van der Waals surface area contributed by atoms with Crippen molar-refractivity contribution in [1.29, 1.82) is 0 Å². The number of sulfone groups is 1. The number of ether oxygens (including phenoxy) is 1. The summed E-state index contributed by atoms with van der Waals surface area (Å²) >= 11 is 0. The van der Waals surface area contributed by atoms with Crippen LogP contribution in [0.5, 0.6) is 0 Å². The van der Waals surface area contributed by atoms with Gasteiger partial charge < -0.3 is 14.5 Å². The number of carbonyl (C=O) groups is 1. The summed E-state index contributed by atoms with van der Waals surface area (Å²) in [6.45, 7) is 7.10. The number of hydrogen-bond acceptors (Lipinski definition) is 9. The minimum absolute atomic E-state index is 0.0873. The minimum atomic E-state index is -5.10. The number of nitrogens with zero attached hydrogens (tertiary/aromatic N) is 6. The number of fused-ring (bicyclic) bond motifs is 1. The number of aromatic nitrogens is 3. The highest BCUT2D eigenvalue weighted by Crippen LogP contribution is 2.40. The lowest BCUT2D eigenvalue weighted by Crippen LogP contribution is -2.54. The van der Waals surface area contributed by atoms with Gasteiger partial charge in [-0.05, 0) is 43.7 Å². The number of piperazine rings is 1. The highest BCUT2D eigenvalue weighted by Gasteiger charge is 2.37. The zero-order valence-corrected chi connectivity index (χ0v) is 29.3. The van der Waals surface area contributed by atoms with E-state index < -0.39 is 61.8 Å². The van der Waals surface area contributed by atoms with Gasteiger partial charge in [0.1, 0.15) is 17.3 Å². The molecule has 0 saturated carbocycles. The second kappa shape index (κ2) is 14.4. The van der Waals surface area contributed by atoms with Crippen LogP contribution in [0.1, 0.15) is 18.1 Å². The smallest absolute Gasteiger partial charge is 0.379 e. The summed E-state index contributed by atoms with van der Waals surface area (Å²) in [4.78, 5) is 40.6. The first-order chi connectivity index (χ1) is 24.6. The van der Waals surface area contributed by atoms with E-state index in [1.165, 1.54) is 31.2 Å². The third-order valence-electron chi connectivity index (χ3n) is 9.12. The molecule has 2 aliphatic rings. The van der Waals surface area contributed by atoms with E-state index in [0.717, 1.165) is 42.1 Å². The number of carbonyl (C=O) groups excluding carboxylic acids is 1. The molecular formula is C35H35F5N6O5S. The predicted octanol–water partition coefficient (Wildman–Crippen LogP) is 4.38. The standard InChI is InChI=1S/C35H35F5N6O5S/c1-21-7-4-10-27(52(3,49)50)31(21)46-33-23(19-26(37)30(41-33)29-24(35(38,39)40)8-5-9-25(29)36)32(42-34(46)48)45-14-13-44(20-22(45)2)28(47)11-6-12-43-15-17-51-18-16-43/h4-11,19,22H,12-18,20H2,1-3H3/b11-6+/t22-/m0/s1. The number of benzene rings is 2. The molecule has 11 nitrogen and oxygen atoms in total. The quantitative estimate of drug-likeness (QED) is 0.201. The van der Waals surface area contributed by atoms with Crippen molar-refractivity contribution in [2.75, 3.05) is 63.6 Å². The molecule has 2 aromatic carbocycles. The van der Waals surface area contributed by atoms with Gasteiger partial charge in [-0.15, -0.1) is 0 Å². The summed E-state index contributed by atoms with van der Waals surface area (Å²) < 4.78 is 106. The number of amides is 1. The van der Waals surface area contributed by atoms with Crippen LogP contribution in [0, 0.1) is 18.6 Å². The van der Waals surface area contributed by atoms with E-state index in [1.54, 1.807) is 22.8 Å². The molecule has 4 aromatic rings. The van der Waals surface area contributed by atoms with Gasteiger partial charge >= 0.3 is 11.9 Å². The molecule has 276 valence electrons. The number of aryl methyl sites for hydroxylation is 1. The van der Waals surface area contributed by atoms with Crippen LogP contribution in [-0.4, -0.2) is 103 Å². The van der Waals surface area contributed by atoms with Crippen LogP contribution < -0.4 is 10.6 Å². The lowest BCUT2D eigenvalue weighted by Gasteiger charge is -2.40. The summed E-state index contributed by atoms with van der Waals surface area (Å²) in [5.41, 5.74) is -5.15. The Balaban J connectivity index is 1.48. The topological polar surface area (TPSA) is 118 Å². The molecule has 1 atom stereocenters. The van der Waals surface area contributed by atoms with Crippen LogP contribution in [0.4, 0.5) is 27.8 Å². The Labute approximate surface area is 295 Å². The van der Waals surface area contributed by atoms with Crippen molar-refractivity contribution in [2.24, 2.45) is 0 Å². The lowest BCUT2D eigenvalue weighted by molar-refractivity contribution is -0.137. The maximum atomic E-state index is 16.1. The van der Waals surface area contributed by atoms with Gasteiger partial charge in [0.15, 0.2) is 21.3 Å². The number of anilines is 1. The molecular weight excluding hydrogens is 711 g/mol. The molecule has 2 aromatic heterocycles. The normalized spacial score (nSPS) is 17.7. The molecule has 0 spiro atoms. The maximum Gasteiger partial charge on any atom is 0.417 e. The first-order valence-electron chi connectivity index (χ1n) is 16.4. The fourth-order valence-corrected chi connectivity index (χ4v) is 7.51. The molecule has 2 fully saturated rings. The second-order valence-electron chi connectivity index (χ2n) is 12.7. The summed E-state index contributed by atoms with van der Waals surface area (Å²) in [6, 6.07) is 6.65. The Morgan fingerprint density at radius 3 is 2.40 bits per heavy atom. The monoisotopic (exact) mass is 746 g/mol. The number of para-hydroxylation sites is 1. The van der Waals surface area contributed by atoms with E-state index in [2.05, 4.69) is 14.9 Å². The molecule has 2 aliphatic heterocycles. The predicted molar refractivity (Wildman–Crippen MR) is 183 cm³/mol. The average Bonchev–Trinajstić information content (AvgIpc) is 3.08. The summed E-state index contributed by atoms with van der Waals surface area (Å²) in [7, 11) is -4.02. The first kappa shape index (κ1) is 37.0. The largest absolute Gasteiger partial charge is 0.417 e. The highest BCUT2D eigenvalue weighted by atomic mass is 32.2. The number of pyridine rings is 1. The molecule has 52 heavy (non-hydrogen) atoms. The van der Waals surface area contributed by atoms with E-state index in [-0.39, 0.29) is 52.9 Å². The van der Waals surface area contributed by atoms with Crippen molar-refractivity contribution in [1.82, 2.24) is 24.3 Å². The molecule has 1 amide bonds. The average molecular weight is 747 g/mol. The van der Waals surface area contributed by atoms with Crippen LogP contribution in [0.15, 0.2) is 64.3 Å². The number of rotatable bonds is 7. The Morgan fingerprint density at radius 1 is 1.02 bits per heavy atom. The zero-order valence-electron chi connectivity index (χ0n) is 28.5.